The van der Waals surface area contributed by atoms with Crippen LogP contribution in [0.3, 0.4) is 0 Å². The molecule has 1 aliphatic carbocycles. The Morgan fingerprint density at radius 1 is 1.17 bits per heavy atom. The van der Waals surface area contributed by atoms with E-state index < -0.39 is 0 Å². The third-order valence-electron chi connectivity index (χ3n) is 6.05. The van der Waals surface area contributed by atoms with Gasteiger partial charge in [0.1, 0.15) is 5.00 Å². The fourth-order valence-corrected chi connectivity index (χ4v) is 6.30. The fourth-order valence-electron chi connectivity index (χ4n) is 4.64. The van der Waals surface area contributed by atoms with Gasteiger partial charge in [0.25, 0.3) is 0 Å². The first-order valence-corrected chi connectivity index (χ1v) is 11.9. The standard InChI is InChI=1S/C23H24BrN3OS/c1-2-19-20-7-5-13-26(20)22-18(17-6-3-4-8-21(17)29-22)14-27(19)23(28)25-16-11-9-15(24)10-12-16/h5,7,9-13,19H,2-4,6,8,14H2,1H3,(H,25,28). The Morgan fingerprint density at radius 2 is 1.97 bits per heavy atom. The zero-order valence-electron chi connectivity index (χ0n) is 16.5. The molecule has 6 heteroatoms. The molecular formula is C23H24BrN3OS. The van der Waals surface area contributed by atoms with Crippen LogP contribution in [-0.4, -0.2) is 15.5 Å². The van der Waals surface area contributed by atoms with Crippen molar-refractivity contribution in [2.75, 3.05) is 5.32 Å². The Morgan fingerprint density at radius 3 is 2.76 bits per heavy atom. The van der Waals surface area contributed by atoms with Crippen LogP contribution in [0.4, 0.5) is 10.5 Å². The number of rotatable bonds is 2. The lowest BCUT2D eigenvalue weighted by Gasteiger charge is -2.30. The van der Waals surface area contributed by atoms with E-state index in [1.54, 1.807) is 0 Å². The zero-order valence-corrected chi connectivity index (χ0v) is 18.9. The molecule has 0 saturated heterocycles. The van der Waals surface area contributed by atoms with Crippen LogP contribution in [0, 0.1) is 0 Å². The number of hydrogen-bond acceptors (Lipinski definition) is 2. The van der Waals surface area contributed by atoms with E-state index in [4.69, 9.17) is 0 Å². The van der Waals surface area contributed by atoms with Crippen LogP contribution in [0.5, 0.6) is 0 Å². The number of aromatic nitrogens is 1. The maximum absolute atomic E-state index is 13.4. The van der Waals surface area contributed by atoms with E-state index in [0.29, 0.717) is 6.54 Å². The molecule has 4 nitrogen and oxygen atoms in total. The number of benzene rings is 1. The van der Waals surface area contributed by atoms with Crippen molar-refractivity contribution in [2.24, 2.45) is 0 Å². The van der Waals surface area contributed by atoms with Gasteiger partial charge in [0.05, 0.1) is 12.6 Å². The Labute approximate surface area is 183 Å². The quantitative estimate of drug-likeness (QED) is 0.446. The molecule has 2 amide bonds. The van der Waals surface area contributed by atoms with E-state index >= 15 is 0 Å². The van der Waals surface area contributed by atoms with Gasteiger partial charge in [-0.2, -0.15) is 0 Å². The number of fused-ring (bicyclic) bond motifs is 5. The molecule has 29 heavy (non-hydrogen) atoms. The largest absolute Gasteiger partial charge is 0.322 e. The Balaban J connectivity index is 1.56. The summed E-state index contributed by atoms with van der Waals surface area (Å²) in [5, 5.41) is 4.43. The third kappa shape index (κ3) is 3.32. The van der Waals surface area contributed by atoms with E-state index in [-0.39, 0.29) is 12.1 Å². The zero-order chi connectivity index (χ0) is 20.0. The minimum atomic E-state index is -0.0319. The van der Waals surface area contributed by atoms with Gasteiger partial charge in [0, 0.05) is 32.5 Å². The van der Waals surface area contributed by atoms with Gasteiger partial charge in [-0.1, -0.05) is 22.9 Å². The number of aryl methyl sites for hydroxylation is 1. The monoisotopic (exact) mass is 469 g/mol. The number of halogens is 1. The SMILES string of the molecule is CCC1c2cccn2-c2sc3c(c2CN1C(=O)Nc1ccc(Br)cc1)CCCC3. The highest BCUT2D eigenvalue weighted by Crippen LogP contribution is 2.43. The predicted octanol–water partition coefficient (Wildman–Crippen LogP) is 6.68. The number of urea groups is 1. The summed E-state index contributed by atoms with van der Waals surface area (Å²) in [7, 11) is 0. The molecule has 3 heterocycles. The summed E-state index contributed by atoms with van der Waals surface area (Å²) < 4.78 is 3.34. The molecule has 0 spiro atoms. The molecule has 0 radical (unpaired) electrons. The van der Waals surface area contributed by atoms with E-state index in [2.05, 4.69) is 51.1 Å². The number of carbonyl (C=O) groups excluding carboxylic acids is 1. The van der Waals surface area contributed by atoms with Crippen molar-refractivity contribution in [2.45, 2.75) is 51.6 Å². The average molecular weight is 470 g/mol. The summed E-state index contributed by atoms with van der Waals surface area (Å²) in [4.78, 5) is 16.9. The number of carbonyl (C=O) groups is 1. The Kier molecular flexibility index (Phi) is 5.00. The maximum Gasteiger partial charge on any atom is 0.322 e. The molecule has 0 fully saturated rings. The molecule has 1 unspecified atom stereocenters. The number of amides is 2. The summed E-state index contributed by atoms with van der Waals surface area (Å²) in [6.07, 6.45) is 7.87. The highest BCUT2D eigenvalue weighted by Gasteiger charge is 2.34. The summed E-state index contributed by atoms with van der Waals surface area (Å²) in [5.74, 6) is 0. The van der Waals surface area contributed by atoms with Crippen LogP contribution in [-0.2, 0) is 19.4 Å². The van der Waals surface area contributed by atoms with Gasteiger partial charge in [-0.15, -0.1) is 11.3 Å². The maximum atomic E-state index is 13.4. The number of anilines is 1. The highest BCUT2D eigenvalue weighted by molar-refractivity contribution is 9.10. The first-order chi connectivity index (χ1) is 14.2. The third-order valence-corrected chi connectivity index (χ3v) is 7.91. The smallest absolute Gasteiger partial charge is 0.312 e. The summed E-state index contributed by atoms with van der Waals surface area (Å²) >= 11 is 5.39. The van der Waals surface area contributed by atoms with Crippen molar-refractivity contribution in [1.82, 2.24) is 9.47 Å². The number of thiophene rings is 1. The minimum Gasteiger partial charge on any atom is -0.312 e. The normalized spacial score (nSPS) is 17.9. The summed E-state index contributed by atoms with van der Waals surface area (Å²) in [5.41, 5.74) is 4.87. The minimum absolute atomic E-state index is 0.0319. The van der Waals surface area contributed by atoms with Gasteiger partial charge >= 0.3 is 6.03 Å². The lowest BCUT2D eigenvalue weighted by Crippen LogP contribution is -2.37. The van der Waals surface area contributed by atoms with Crippen LogP contribution in [0.15, 0.2) is 47.1 Å². The predicted molar refractivity (Wildman–Crippen MR) is 122 cm³/mol. The fraction of sp³-hybridized carbons (Fsp3) is 0.348. The highest BCUT2D eigenvalue weighted by atomic mass is 79.9. The molecule has 1 N–H and O–H groups in total. The van der Waals surface area contributed by atoms with Gasteiger partial charge < -0.3 is 14.8 Å². The molecule has 1 atom stereocenters. The van der Waals surface area contributed by atoms with E-state index in [0.717, 1.165) is 23.0 Å². The average Bonchev–Trinajstić information content (AvgIpc) is 3.32. The first-order valence-electron chi connectivity index (χ1n) is 10.3. The van der Waals surface area contributed by atoms with Crippen molar-refractivity contribution < 1.29 is 4.79 Å². The van der Waals surface area contributed by atoms with E-state index in [1.165, 1.54) is 46.0 Å². The second-order valence-corrected chi connectivity index (χ2v) is 9.79. The molecular weight excluding hydrogens is 446 g/mol. The summed E-state index contributed by atoms with van der Waals surface area (Å²) in [6.45, 7) is 2.83. The van der Waals surface area contributed by atoms with E-state index in [9.17, 15) is 4.79 Å². The van der Waals surface area contributed by atoms with Crippen LogP contribution in [0.2, 0.25) is 0 Å². The molecule has 1 aromatic carbocycles. The van der Waals surface area contributed by atoms with Crippen molar-refractivity contribution in [3.05, 3.63) is 68.8 Å². The van der Waals surface area contributed by atoms with Crippen molar-refractivity contribution in [3.8, 4) is 5.00 Å². The van der Waals surface area contributed by atoms with Gasteiger partial charge in [0.2, 0.25) is 0 Å². The second-order valence-electron chi connectivity index (χ2n) is 7.79. The van der Waals surface area contributed by atoms with Crippen LogP contribution in [0.25, 0.3) is 5.00 Å². The molecule has 2 aromatic heterocycles. The Bertz CT molecular complexity index is 1050. The summed E-state index contributed by atoms with van der Waals surface area (Å²) in [6, 6.07) is 12.1. The van der Waals surface area contributed by atoms with Crippen LogP contribution in [0.1, 0.15) is 53.9 Å². The van der Waals surface area contributed by atoms with Gasteiger partial charge in [0.15, 0.2) is 0 Å². The first kappa shape index (κ1) is 18.9. The Hall–Kier alpha value is -2.05. The number of hydrogen-bond donors (Lipinski definition) is 1. The molecule has 0 bridgehead atoms. The van der Waals surface area contributed by atoms with Gasteiger partial charge in [-0.05, 0) is 74.1 Å². The molecule has 3 aromatic rings. The number of nitrogens with one attached hydrogen (secondary N) is 1. The topological polar surface area (TPSA) is 37.3 Å². The van der Waals surface area contributed by atoms with Gasteiger partial charge in [-0.25, -0.2) is 4.79 Å². The molecule has 1 aliphatic heterocycles. The van der Waals surface area contributed by atoms with Crippen molar-refractivity contribution >= 4 is 39.0 Å². The molecule has 5 rings (SSSR count). The van der Waals surface area contributed by atoms with Crippen LogP contribution < -0.4 is 5.32 Å². The van der Waals surface area contributed by atoms with Crippen molar-refractivity contribution in [3.63, 3.8) is 0 Å². The second kappa shape index (κ2) is 7.65. The lowest BCUT2D eigenvalue weighted by molar-refractivity contribution is 0.181. The number of nitrogens with zero attached hydrogens (tertiary/aromatic N) is 2. The lowest BCUT2D eigenvalue weighted by atomic mass is 9.95. The van der Waals surface area contributed by atoms with E-state index in [1.807, 2.05) is 40.5 Å². The molecule has 0 saturated carbocycles. The molecule has 150 valence electrons. The molecule has 2 aliphatic rings. The van der Waals surface area contributed by atoms with Gasteiger partial charge in [-0.3, -0.25) is 0 Å². The van der Waals surface area contributed by atoms with Crippen molar-refractivity contribution in [1.29, 1.82) is 0 Å². The van der Waals surface area contributed by atoms with Crippen LogP contribution >= 0.6 is 27.3 Å².